The highest BCUT2D eigenvalue weighted by molar-refractivity contribution is 5.71. The largest absolute Gasteiger partial charge is 0.447 e. The first-order chi connectivity index (χ1) is 12.0. The highest BCUT2D eigenvalue weighted by Crippen LogP contribution is 2.25. The molecule has 0 saturated carbocycles. The van der Waals surface area contributed by atoms with Crippen LogP contribution < -0.4 is 5.32 Å². The predicted molar refractivity (Wildman–Crippen MR) is 92.1 cm³/mol. The second-order valence-electron chi connectivity index (χ2n) is 5.49. The summed E-state index contributed by atoms with van der Waals surface area (Å²) in [6.45, 7) is 7.31. The van der Waals surface area contributed by atoms with Gasteiger partial charge in [0.05, 0.1) is 0 Å². The minimum Gasteiger partial charge on any atom is -0.447 e. The van der Waals surface area contributed by atoms with Crippen molar-refractivity contribution in [1.29, 1.82) is 0 Å². The van der Waals surface area contributed by atoms with E-state index in [1.807, 2.05) is 13.8 Å². The normalized spacial score (nSPS) is 18.0. The van der Waals surface area contributed by atoms with E-state index in [1.165, 1.54) is 18.3 Å². The molecule has 1 atom stereocenters. The number of nitrogens with zero attached hydrogens (tertiary/aromatic N) is 2. The molecule has 1 N–H and O–H groups in total. The average Bonchev–Trinajstić information content (AvgIpc) is 2.96. The summed E-state index contributed by atoms with van der Waals surface area (Å²) in [4.78, 5) is 19.2. The summed E-state index contributed by atoms with van der Waals surface area (Å²) in [5, 5.41) is 2.73. The summed E-state index contributed by atoms with van der Waals surface area (Å²) in [5.74, 6) is 5.03. The highest BCUT2D eigenvalue weighted by Gasteiger charge is 2.36. The summed E-state index contributed by atoms with van der Waals surface area (Å²) in [5.41, 5.74) is 0.811. The van der Waals surface area contributed by atoms with Gasteiger partial charge in [-0.25, -0.2) is 14.2 Å². The number of halogens is 1. The number of allylic oxidation sites excluding steroid dienone is 1. The third kappa shape index (κ3) is 4.64. The smallest absolute Gasteiger partial charge is 0.408 e. The van der Waals surface area contributed by atoms with E-state index < -0.39 is 17.4 Å². The van der Waals surface area contributed by atoms with E-state index >= 15 is 0 Å². The molecule has 0 bridgehead atoms. The number of hydrogen-bond donors (Lipinski definition) is 1. The molecular weight excluding hydrogens is 321 g/mol. The van der Waals surface area contributed by atoms with Crippen LogP contribution in [0.3, 0.4) is 0 Å². The molecule has 2 aromatic heterocycles. The second-order valence-corrected chi connectivity index (χ2v) is 5.49. The maximum Gasteiger partial charge on any atom is 0.408 e. The van der Waals surface area contributed by atoms with Crippen LogP contribution in [0, 0.1) is 17.7 Å². The molecule has 6 heteroatoms. The Hall–Kier alpha value is -3.20. The van der Waals surface area contributed by atoms with Crippen LogP contribution in [0.5, 0.6) is 0 Å². The number of nitrogens with one attached hydrogen (secondary N) is 1. The minimum atomic E-state index is -0.641. The zero-order valence-electron chi connectivity index (χ0n) is 14.0. The molecule has 0 aromatic carbocycles. The van der Waals surface area contributed by atoms with Gasteiger partial charge in [-0.1, -0.05) is 12.0 Å². The molecule has 1 fully saturated rings. The van der Waals surface area contributed by atoms with Crippen LogP contribution in [0.4, 0.5) is 9.18 Å². The SMILES string of the molecule is C=CC.C[C@@]1(c2cncc(C#Cc3ncccc3F)c2)COC(=O)N1. The second kappa shape index (κ2) is 8.06. The van der Waals surface area contributed by atoms with Crippen molar-refractivity contribution in [2.24, 2.45) is 0 Å². The summed E-state index contributed by atoms with van der Waals surface area (Å²) in [7, 11) is 0. The predicted octanol–water partition coefficient (Wildman–Crippen LogP) is 3.16. The number of rotatable bonds is 1. The third-order valence-electron chi connectivity index (χ3n) is 3.33. The number of pyridine rings is 2. The van der Waals surface area contributed by atoms with Crippen molar-refractivity contribution in [2.45, 2.75) is 19.4 Å². The van der Waals surface area contributed by atoms with Gasteiger partial charge < -0.3 is 10.1 Å². The van der Waals surface area contributed by atoms with Gasteiger partial charge in [0.15, 0.2) is 5.82 Å². The summed E-state index contributed by atoms with van der Waals surface area (Å²) in [6, 6.07) is 4.60. The molecule has 5 nitrogen and oxygen atoms in total. The Labute approximate surface area is 146 Å². The van der Waals surface area contributed by atoms with E-state index in [0.717, 1.165) is 5.56 Å². The lowest BCUT2D eigenvalue weighted by Crippen LogP contribution is -2.37. The fourth-order valence-corrected chi connectivity index (χ4v) is 2.08. The van der Waals surface area contributed by atoms with Crippen molar-refractivity contribution < 1.29 is 13.9 Å². The first-order valence-electron chi connectivity index (χ1n) is 7.58. The van der Waals surface area contributed by atoms with Gasteiger partial charge in [-0.05, 0) is 38.0 Å². The van der Waals surface area contributed by atoms with Gasteiger partial charge in [0.2, 0.25) is 0 Å². The fraction of sp³-hybridized carbons (Fsp3) is 0.211. The van der Waals surface area contributed by atoms with Gasteiger partial charge in [0, 0.05) is 29.7 Å². The lowest BCUT2D eigenvalue weighted by molar-refractivity contribution is 0.173. The highest BCUT2D eigenvalue weighted by atomic mass is 19.1. The molecule has 1 aliphatic rings. The summed E-state index contributed by atoms with van der Waals surface area (Å²) >= 11 is 0. The summed E-state index contributed by atoms with van der Waals surface area (Å²) < 4.78 is 18.4. The van der Waals surface area contributed by atoms with Crippen molar-refractivity contribution in [3.05, 3.63) is 72.1 Å². The molecular formula is C19H18FN3O2. The van der Waals surface area contributed by atoms with Crippen molar-refractivity contribution in [3.8, 4) is 11.8 Å². The Bertz CT molecular complexity index is 842. The first kappa shape index (κ1) is 18.1. The topological polar surface area (TPSA) is 64.1 Å². The number of aromatic nitrogens is 2. The Kier molecular flexibility index (Phi) is 5.85. The maximum atomic E-state index is 13.5. The minimum absolute atomic E-state index is 0.0802. The molecule has 1 aliphatic heterocycles. The standard InChI is InChI=1S/C16H12FN3O2.C3H6/c1-16(10-22-15(21)20-16)12-7-11(8-18-9-12)4-5-14-13(17)3-2-6-19-14;1-3-2/h2-3,6-9H,10H2,1H3,(H,20,21);3H,1H2,2H3/t16-;/m0./s1. The first-order valence-corrected chi connectivity index (χ1v) is 7.58. The number of cyclic esters (lactones) is 1. The number of amides is 1. The molecule has 0 spiro atoms. The number of ether oxygens (including phenoxy) is 1. The van der Waals surface area contributed by atoms with Crippen molar-refractivity contribution in [2.75, 3.05) is 6.61 Å². The van der Waals surface area contributed by atoms with Gasteiger partial charge in [-0.15, -0.1) is 6.58 Å². The van der Waals surface area contributed by atoms with Crippen LogP contribution >= 0.6 is 0 Å². The van der Waals surface area contributed by atoms with Crippen LogP contribution in [0.1, 0.15) is 30.7 Å². The quantitative estimate of drug-likeness (QED) is 0.640. The van der Waals surface area contributed by atoms with E-state index in [0.29, 0.717) is 5.56 Å². The number of alkyl carbamates (subject to hydrolysis) is 1. The van der Waals surface area contributed by atoms with Crippen LogP contribution in [0.2, 0.25) is 0 Å². The van der Waals surface area contributed by atoms with Crippen molar-refractivity contribution >= 4 is 6.09 Å². The van der Waals surface area contributed by atoms with Crippen LogP contribution in [-0.2, 0) is 10.3 Å². The maximum absolute atomic E-state index is 13.5. The van der Waals surface area contributed by atoms with Gasteiger partial charge in [0.25, 0.3) is 0 Å². The number of hydrogen-bond acceptors (Lipinski definition) is 4. The Morgan fingerprint density at radius 3 is 2.84 bits per heavy atom. The fourth-order valence-electron chi connectivity index (χ4n) is 2.08. The van der Waals surface area contributed by atoms with Gasteiger partial charge in [-0.3, -0.25) is 4.98 Å². The van der Waals surface area contributed by atoms with Crippen molar-refractivity contribution in [1.82, 2.24) is 15.3 Å². The Morgan fingerprint density at radius 1 is 1.44 bits per heavy atom. The van der Waals surface area contributed by atoms with E-state index in [9.17, 15) is 9.18 Å². The zero-order valence-corrected chi connectivity index (χ0v) is 14.0. The zero-order chi connectivity index (χ0) is 18.3. The molecule has 2 aromatic rings. The monoisotopic (exact) mass is 339 g/mol. The van der Waals surface area contributed by atoms with E-state index in [2.05, 4.69) is 33.7 Å². The molecule has 1 saturated heterocycles. The van der Waals surface area contributed by atoms with E-state index in [4.69, 9.17) is 4.74 Å². The molecule has 1 amide bonds. The molecule has 3 heterocycles. The number of carbonyl (C=O) groups is 1. The molecule has 25 heavy (non-hydrogen) atoms. The van der Waals surface area contributed by atoms with Crippen LogP contribution in [0.15, 0.2) is 49.4 Å². The molecule has 0 unspecified atom stereocenters. The molecule has 0 aliphatic carbocycles. The average molecular weight is 339 g/mol. The van der Waals surface area contributed by atoms with Crippen LogP contribution in [0.25, 0.3) is 0 Å². The van der Waals surface area contributed by atoms with Gasteiger partial charge in [-0.2, -0.15) is 0 Å². The summed E-state index contributed by atoms with van der Waals surface area (Å²) in [6.07, 6.45) is 5.98. The number of carbonyl (C=O) groups excluding carboxylic acids is 1. The molecule has 3 rings (SSSR count). The molecule has 128 valence electrons. The lowest BCUT2D eigenvalue weighted by atomic mass is 9.94. The van der Waals surface area contributed by atoms with Gasteiger partial charge in [0.1, 0.15) is 17.8 Å². The van der Waals surface area contributed by atoms with E-state index in [1.54, 1.807) is 24.5 Å². The Balaban J connectivity index is 0.000000701. The van der Waals surface area contributed by atoms with Gasteiger partial charge >= 0.3 is 6.09 Å². The van der Waals surface area contributed by atoms with E-state index in [-0.39, 0.29) is 12.3 Å². The van der Waals surface area contributed by atoms with Crippen LogP contribution in [-0.4, -0.2) is 22.7 Å². The van der Waals surface area contributed by atoms with Crippen molar-refractivity contribution in [3.63, 3.8) is 0 Å². The Morgan fingerprint density at radius 2 is 2.20 bits per heavy atom. The molecule has 0 radical (unpaired) electrons. The lowest BCUT2D eigenvalue weighted by Gasteiger charge is -2.20. The third-order valence-corrected chi connectivity index (χ3v) is 3.33.